The number of fused-ring (bicyclic) bond motifs is 1. The van der Waals surface area contributed by atoms with Gasteiger partial charge in [0.2, 0.25) is 6.41 Å². The number of piperazine rings is 1. The number of carbonyl (C=O) groups is 1. The molecule has 26 heavy (non-hydrogen) atoms. The van der Waals surface area contributed by atoms with Gasteiger partial charge in [0.1, 0.15) is 5.82 Å². The summed E-state index contributed by atoms with van der Waals surface area (Å²) in [6.07, 6.45) is 2.70. The first-order chi connectivity index (χ1) is 12.6. The lowest BCUT2D eigenvalue weighted by molar-refractivity contribution is -0.384. The number of amides is 1. The summed E-state index contributed by atoms with van der Waals surface area (Å²) in [6.45, 7) is 2.71. The number of nitro groups is 1. The zero-order chi connectivity index (χ0) is 18.5. The summed E-state index contributed by atoms with van der Waals surface area (Å²) >= 11 is 0. The summed E-state index contributed by atoms with van der Waals surface area (Å²) in [5, 5.41) is 11.7. The fourth-order valence-electron chi connectivity index (χ4n) is 3.36. The Morgan fingerprint density at radius 2 is 2.19 bits per heavy atom. The van der Waals surface area contributed by atoms with Gasteiger partial charge in [-0.2, -0.15) is 0 Å². The summed E-state index contributed by atoms with van der Waals surface area (Å²) in [5.41, 5.74) is 0.783. The molecule has 3 rings (SSSR count). The van der Waals surface area contributed by atoms with E-state index in [2.05, 4.69) is 4.90 Å². The molecule has 0 spiro atoms. The smallest absolute Gasteiger partial charge is 0.270 e. The molecule has 8 heteroatoms. The van der Waals surface area contributed by atoms with E-state index in [1.165, 1.54) is 12.1 Å². The summed E-state index contributed by atoms with van der Waals surface area (Å²) in [5.74, 6) is 0.833. The predicted molar refractivity (Wildman–Crippen MR) is 98.3 cm³/mol. The van der Waals surface area contributed by atoms with Gasteiger partial charge in [-0.1, -0.05) is 0 Å². The average Bonchev–Trinajstić information content (AvgIpc) is 2.67. The van der Waals surface area contributed by atoms with Crippen molar-refractivity contribution in [3.05, 3.63) is 40.4 Å². The van der Waals surface area contributed by atoms with Gasteiger partial charge < -0.3 is 14.5 Å². The number of benzene rings is 1. The van der Waals surface area contributed by atoms with Crippen LogP contribution in [0, 0.1) is 10.1 Å². The molecule has 138 valence electrons. The van der Waals surface area contributed by atoms with Crippen LogP contribution in [0.3, 0.4) is 0 Å². The van der Waals surface area contributed by atoms with Crippen LogP contribution in [0.4, 0.5) is 11.5 Å². The molecule has 0 N–H and O–H groups in total. The van der Waals surface area contributed by atoms with Crippen LogP contribution in [-0.4, -0.2) is 60.6 Å². The monoisotopic (exact) mass is 358 g/mol. The van der Waals surface area contributed by atoms with Crippen LogP contribution in [-0.2, 0) is 9.53 Å². The number of nitro benzene ring substituents is 1. The number of rotatable bonds is 7. The first-order valence-electron chi connectivity index (χ1n) is 8.62. The van der Waals surface area contributed by atoms with Crippen molar-refractivity contribution in [1.29, 1.82) is 0 Å². The third-order valence-corrected chi connectivity index (χ3v) is 4.71. The van der Waals surface area contributed by atoms with Crippen molar-refractivity contribution in [2.24, 2.45) is 0 Å². The van der Waals surface area contributed by atoms with Crippen LogP contribution >= 0.6 is 0 Å². The van der Waals surface area contributed by atoms with E-state index in [0.29, 0.717) is 26.2 Å². The first-order valence-corrected chi connectivity index (χ1v) is 8.62. The van der Waals surface area contributed by atoms with E-state index in [4.69, 9.17) is 9.72 Å². The Bertz CT molecular complexity index is 798. The number of methoxy groups -OCH3 is 1. The number of nitrogens with zero attached hydrogens (tertiary/aromatic N) is 4. The molecule has 1 aliphatic heterocycles. The minimum atomic E-state index is -0.405. The Balaban J connectivity index is 1.85. The van der Waals surface area contributed by atoms with Crippen molar-refractivity contribution in [3.8, 4) is 0 Å². The van der Waals surface area contributed by atoms with Crippen LogP contribution in [0.15, 0.2) is 30.3 Å². The molecule has 1 aromatic carbocycles. The molecule has 2 aromatic rings. The van der Waals surface area contributed by atoms with E-state index in [1.807, 2.05) is 12.1 Å². The van der Waals surface area contributed by atoms with Crippen molar-refractivity contribution in [1.82, 2.24) is 9.88 Å². The van der Waals surface area contributed by atoms with Crippen LogP contribution in [0.2, 0.25) is 0 Å². The lowest BCUT2D eigenvalue weighted by Gasteiger charge is -2.41. The topological polar surface area (TPSA) is 88.8 Å². The second kappa shape index (κ2) is 8.09. The van der Waals surface area contributed by atoms with Crippen LogP contribution < -0.4 is 4.90 Å². The van der Waals surface area contributed by atoms with Crippen LogP contribution in [0.25, 0.3) is 10.9 Å². The van der Waals surface area contributed by atoms with Gasteiger partial charge >= 0.3 is 0 Å². The second-order valence-electron chi connectivity index (χ2n) is 6.39. The fourth-order valence-corrected chi connectivity index (χ4v) is 3.36. The van der Waals surface area contributed by atoms with Crippen molar-refractivity contribution in [3.63, 3.8) is 0 Å². The Labute approximate surface area is 151 Å². The third kappa shape index (κ3) is 3.91. The molecule has 0 radical (unpaired) electrons. The molecular weight excluding hydrogens is 336 g/mol. The number of hydrogen-bond donors (Lipinski definition) is 0. The molecule has 0 saturated carbocycles. The molecule has 1 aliphatic rings. The molecule has 0 bridgehead atoms. The van der Waals surface area contributed by atoms with Gasteiger partial charge in [0, 0.05) is 56.9 Å². The first kappa shape index (κ1) is 18.1. The van der Waals surface area contributed by atoms with E-state index in [0.717, 1.165) is 36.0 Å². The van der Waals surface area contributed by atoms with Crippen molar-refractivity contribution in [2.75, 3.05) is 38.3 Å². The highest BCUT2D eigenvalue weighted by Gasteiger charge is 2.27. The van der Waals surface area contributed by atoms with Gasteiger partial charge in [-0.05, 0) is 31.0 Å². The minimum Gasteiger partial charge on any atom is -0.385 e. The van der Waals surface area contributed by atoms with Gasteiger partial charge in [0.05, 0.1) is 10.4 Å². The minimum absolute atomic E-state index is 0.0593. The molecule has 1 amide bonds. The van der Waals surface area contributed by atoms with Gasteiger partial charge in [-0.3, -0.25) is 14.9 Å². The van der Waals surface area contributed by atoms with Crippen LogP contribution in [0.5, 0.6) is 0 Å². The fraction of sp³-hybridized carbons (Fsp3) is 0.444. The van der Waals surface area contributed by atoms with Gasteiger partial charge in [-0.25, -0.2) is 4.98 Å². The van der Waals surface area contributed by atoms with Crippen LogP contribution in [0.1, 0.15) is 12.8 Å². The molecule has 1 aromatic heterocycles. The number of aromatic nitrogens is 1. The molecular formula is C18H22N4O4. The van der Waals surface area contributed by atoms with Gasteiger partial charge in [-0.15, -0.1) is 0 Å². The Morgan fingerprint density at radius 3 is 2.92 bits per heavy atom. The van der Waals surface area contributed by atoms with Crippen molar-refractivity contribution in [2.45, 2.75) is 18.9 Å². The summed E-state index contributed by atoms with van der Waals surface area (Å²) in [7, 11) is 1.68. The van der Waals surface area contributed by atoms with Gasteiger partial charge in [0.25, 0.3) is 5.69 Å². The number of hydrogen-bond acceptors (Lipinski definition) is 6. The van der Waals surface area contributed by atoms with E-state index in [9.17, 15) is 14.9 Å². The summed E-state index contributed by atoms with van der Waals surface area (Å²) in [6, 6.07) is 8.62. The predicted octanol–water partition coefficient (Wildman–Crippen LogP) is 2.22. The lowest BCUT2D eigenvalue weighted by atomic mass is 10.1. The third-order valence-electron chi connectivity index (χ3n) is 4.71. The zero-order valence-corrected chi connectivity index (χ0v) is 14.7. The number of ether oxygens (including phenoxy) is 1. The number of non-ortho nitro benzene ring substituents is 1. The molecule has 8 nitrogen and oxygen atoms in total. The SMILES string of the molecule is COCCCC1CN(C=O)CCN1c1ccc2cc([N+](=O)[O-])ccc2n1. The number of anilines is 1. The molecule has 1 unspecified atom stereocenters. The molecule has 1 saturated heterocycles. The molecule has 0 aliphatic carbocycles. The Kier molecular flexibility index (Phi) is 5.62. The highest BCUT2D eigenvalue weighted by molar-refractivity contribution is 5.82. The normalized spacial score (nSPS) is 17.5. The number of carbonyl (C=O) groups excluding carboxylic acids is 1. The Hall–Kier alpha value is -2.74. The summed E-state index contributed by atoms with van der Waals surface area (Å²) in [4.78, 5) is 30.4. The van der Waals surface area contributed by atoms with Gasteiger partial charge in [0.15, 0.2) is 0 Å². The second-order valence-corrected chi connectivity index (χ2v) is 6.39. The maximum atomic E-state index is 11.2. The molecule has 1 atom stereocenters. The average molecular weight is 358 g/mol. The van der Waals surface area contributed by atoms with Crippen molar-refractivity contribution < 1.29 is 14.5 Å². The van der Waals surface area contributed by atoms with Crippen molar-refractivity contribution >= 4 is 28.8 Å². The molecule has 2 heterocycles. The van der Waals surface area contributed by atoms with E-state index in [-0.39, 0.29) is 11.7 Å². The zero-order valence-electron chi connectivity index (χ0n) is 14.7. The maximum Gasteiger partial charge on any atom is 0.270 e. The lowest BCUT2D eigenvalue weighted by Crippen LogP contribution is -2.53. The van der Waals surface area contributed by atoms with E-state index in [1.54, 1.807) is 18.1 Å². The quantitative estimate of drug-likeness (QED) is 0.326. The summed E-state index contributed by atoms with van der Waals surface area (Å²) < 4.78 is 5.14. The Morgan fingerprint density at radius 1 is 1.35 bits per heavy atom. The maximum absolute atomic E-state index is 11.2. The highest BCUT2D eigenvalue weighted by Crippen LogP contribution is 2.26. The molecule has 1 fully saturated rings. The van der Waals surface area contributed by atoms with E-state index >= 15 is 0 Å². The standard InChI is InChI=1S/C18H22N4O4/c1-26-10-2-3-16-12-20(13-23)8-9-21(16)18-7-4-14-11-15(22(24)25)5-6-17(14)19-18/h4-7,11,13,16H,2-3,8-10,12H2,1H3. The number of pyridine rings is 1. The van der Waals surface area contributed by atoms with E-state index < -0.39 is 4.92 Å². The largest absolute Gasteiger partial charge is 0.385 e. The highest BCUT2D eigenvalue weighted by atomic mass is 16.6.